The number of para-hydroxylation sites is 1. The number of nitrogens with zero attached hydrogens (tertiary/aromatic N) is 1. The SMILES string of the molecule is Cc1ccccc1OCC(=O)Oc1ccc(N2C(=O)[C@H]3[C@@H]4C[C@@H]([C@@H](Br)[C@H]4Br)[C@@H]3C2=O)cc1. The Morgan fingerprint density at radius 3 is 2.16 bits per heavy atom. The number of imide groups is 1. The summed E-state index contributed by atoms with van der Waals surface area (Å²) in [6.45, 7) is 1.68. The van der Waals surface area contributed by atoms with Crippen LogP contribution in [0.3, 0.4) is 0 Å². The minimum atomic E-state index is -0.535. The fourth-order valence-electron chi connectivity index (χ4n) is 5.28. The number of hydrogen-bond acceptors (Lipinski definition) is 5. The molecule has 2 aromatic rings. The number of anilines is 1. The quantitative estimate of drug-likeness (QED) is 0.236. The van der Waals surface area contributed by atoms with Gasteiger partial charge in [-0.15, -0.1) is 0 Å². The van der Waals surface area contributed by atoms with Crippen molar-refractivity contribution in [1.82, 2.24) is 0 Å². The maximum Gasteiger partial charge on any atom is 0.349 e. The number of carbonyl (C=O) groups excluding carboxylic acids is 3. The first-order valence-corrected chi connectivity index (χ1v) is 12.3. The molecule has 0 aromatic heterocycles. The molecule has 0 spiro atoms. The summed E-state index contributed by atoms with van der Waals surface area (Å²) in [6.07, 6.45) is 0.895. The molecule has 32 heavy (non-hydrogen) atoms. The largest absolute Gasteiger partial charge is 0.482 e. The molecule has 1 saturated heterocycles. The van der Waals surface area contributed by atoms with E-state index in [4.69, 9.17) is 9.47 Å². The molecule has 1 heterocycles. The Morgan fingerprint density at radius 1 is 0.969 bits per heavy atom. The van der Waals surface area contributed by atoms with Crippen molar-refractivity contribution in [2.45, 2.75) is 23.0 Å². The normalized spacial score (nSPS) is 30.5. The predicted octanol–water partition coefficient (Wildman–Crippen LogP) is 4.26. The maximum absolute atomic E-state index is 13.1. The molecule has 8 heteroatoms. The average molecular weight is 563 g/mol. The van der Waals surface area contributed by atoms with Crippen molar-refractivity contribution in [3.8, 4) is 11.5 Å². The van der Waals surface area contributed by atoms with Crippen LogP contribution in [0.15, 0.2) is 48.5 Å². The molecule has 0 radical (unpaired) electrons. The van der Waals surface area contributed by atoms with Crippen molar-refractivity contribution in [2.24, 2.45) is 23.7 Å². The fraction of sp³-hybridized carbons (Fsp3) is 0.375. The van der Waals surface area contributed by atoms with E-state index in [1.165, 1.54) is 4.90 Å². The zero-order valence-corrected chi connectivity index (χ0v) is 20.4. The van der Waals surface area contributed by atoms with Gasteiger partial charge in [0, 0.05) is 9.65 Å². The Hall–Kier alpha value is -2.19. The summed E-state index contributed by atoms with van der Waals surface area (Å²) in [4.78, 5) is 40.1. The zero-order valence-electron chi connectivity index (χ0n) is 17.2. The van der Waals surface area contributed by atoms with Gasteiger partial charge in [0.15, 0.2) is 6.61 Å². The van der Waals surface area contributed by atoms with Gasteiger partial charge in [-0.3, -0.25) is 14.5 Å². The number of aryl methyl sites for hydroxylation is 1. The number of alkyl halides is 2. The summed E-state index contributed by atoms with van der Waals surface area (Å²) in [5.74, 6) is -0.0286. The van der Waals surface area contributed by atoms with Crippen LogP contribution >= 0.6 is 31.9 Å². The Bertz CT molecular complexity index is 1060. The van der Waals surface area contributed by atoms with Crippen LogP contribution in [0.2, 0.25) is 0 Å². The molecule has 0 N–H and O–H groups in total. The third kappa shape index (κ3) is 3.48. The number of esters is 1. The monoisotopic (exact) mass is 561 g/mol. The van der Waals surface area contributed by atoms with E-state index in [0.717, 1.165) is 12.0 Å². The highest BCUT2D eigenvalue weighted by Gasteiger charge is 2.66. The van der Waals surface area contributed by atoms with E-state index in [2.05, 4.69) is 31.9 Å². The van der Waals surface area contributed by atoms with Crippen LogP contribution in [0.25, 0.3) is 0 Å². The lowest BCUT2D eigenvalue weighted by molar-refractivity contribution is -0.136. The van der Waals surface area contributed by atoms with Crippen LogP contribution in [0.5, 0.6) is 11.5 Å². The molecule has 166 valence electrons. The Morgan fingerprint density at radius 2 is 1.56 bits per heavy atom. The van der Waals surface area contributed by atoms with Crippen LogP contribution in [0.4, 0.5) is 5.69 Å². The molecule has 2 aliphatic carbocycles. The minimum Gasteiger partial charge on any atom is -0.482 e. The van der Waals surface area contributed by atoms with Crippen molar-refractivity contribution in [2.75, 3.05) is 11.5 Å². The van der Waals surface area contributed by atoms with Crippen molar-refractivity contribution >= 4 is 55.3 Å². The number of benzene rings is 2. The zero-order chi connectivity index (χ0) is 22.6. The first kappa shape index (κ1) is 21.6. The first-order chi connectivity index (χ1) is 15.4. The summed E-state index contributed by atoms with van der Waals surface area (Å²) in [5.41, 5.74) is 1.43. The van der Waals surface area contributed by atoms with Gasteiger partial charge in [-0.25, -0.2) is 4.79 Å². The number of amides is 2. The van der Waals surface area contributed by atoms with E-state index in [0.29, 0.717) is 17.2 Å². The van der Waals surface area contributed by atoms with Gasteiger partial charge in [-0.2, -0.15) is 0 Å². The third-order valence-electron chi connectivity index (χ3n) is 6.75. The van der Waals surface area contributed by atoms with Crippen molar-refractivity contribution in [1.29, 1.82) is 0 Å². The fourth-order valence-corrected chi connectivity index (χ4v) is 7.16. The Balaban J connectivity index is 1.24. The molecule has 2 aromatic carbocycles. The van der Waals surface area contributed by atoms with E-state index in [1.807, 2.05) is 25.1 Å². The van der Waals surface area contributed by atoms with Crippen LogP contribution in [-0.4, -0.2) is 34.0 Å². The lowest BCUT2D eigenvalue weighted by Crippen LogP contribution is -2.37. The molecule has 0 unspecified atom stereocenters. The number of halogens is 2. The standard InChI is InChI=1S/C24H21Br2NO5/c1-12-4-2-3-5-17(12)31-11-18(28)32-14-8-6-13(7-9-14)27-23(29)19-15-10-16(20(19)24(27)30)22(26)21(15)25/h2-9,15-16,19-22H,10-11H2,1H3/t15-,16+,19-,20-,21-,22+/m0/s1. The van der Waals surface area contributed by atoms with E-state index < -0.39 is 5.97 Å². The summed E-state index contributed by atoms with van der Waals surface area (Å²) in [5, 5.41) is 0. The molecule has 3 fully saturated rings. The van der Waals surface area contributed by atoms with Gasteiger partial charge in [0.1, 0.15) is 11.5 Å². The molecule has 2 saturated carbocycles. The molecule has 2 amide bonds. The van der Waals surface area contributed by atoms with E-state index in [9.17, 15) is 14.4 Å². The molecule has 6 nitrogen and oxygen atoms in total. The number of carbonyl (C=O) groups is 3. The van der Waals surface area contributed by atoms with E-state index in [1.54, 1.807) is 30.3 Å². The second kappa shape index (κ2) is 8.30. The summed E-state index contributed by atoms with van der Waals surface area (Å²) in [7, 11) is 0. The lowest BCUT2D eigenvalue weighted by Gasteiger charge is -2.28. The maximum atomic E-state index is 13.1. The number of ether oxygens (including phenoxy) is 2. The lowest BCUT2D eigenvalue weighted by atomic mass is 9.81. The molecule has 3 aliphatic rings. The highest BCUT2D eigenvalue weighted by Crippen LogP contribution is 2.60. The second-order valence-corrected chi connectivity index (χ2v) is 10.7. The van der Waals surface area contributed by atoms with E-state index in [-0.39, 0.29) is 51.7 Å². The molecule has 5 rings (SSSR count). The number of rotatable bonds is 5. The van der Waals surface area contributed by atoms with Gasteiger partial charge < -0.3 is 9.47 Å². The third-order valence-corrected chi connectivity index (χ3v) is 9.96. The molecular formula is C24H21Br2NO5. The number of fused-ring (bicyclic) bond motifs is 5. The summed E-state index contributed by atoms with van der Waals surface area (Å²) < 4.78 is 10.8. The van der Waals surface area contributed by atoms with Crippen LogP contribution in [-0.2, 0) is 14.4 Å². The predicted molar refractivity (Wildman–Crippen MR) is 125 cm³/mol. The van der Waals surface area contributed by atoms with Crippen molar-refractivity contribution in [3.05, 3.63) is 54.1 Å². The molecule has 1 aliphatic heterocycles. The second-order valence-electron chi connectivity index (χ2n) is 8.54. The minimum absolute atomic E-state index is 0.132. The number of hydrogen-bond donors (Lipinski definition) is 0. The highest BCUT2D eigenvalue weighted by molar-refractivity contribution is 9.12. The van der Waals surface area contributed by atoms with Gasteiger partial charge >= 0.3 is 5.97 Å². The van der Waals surface area contributed by atoms with Crippen molar-refractivity contribution < 1.29 is 23.9 Å². The average Bonchev–Trinajstić information content (AvgIpc) is 3.39. The Labute approximate surface area is 202 Å². The van der Waals surface area contributed by atoms with Gasteiger partial charge in [-0.05, 0) is 61.1 Å². The molecular weight excluding hydrogens is 542 g/mol. The smallest absolute Gasteiger partial charge is 0.349 e. The van der Waals surface area contributed by atoms with Gasteiger partial charge in [-0.1, -0.05) is 50.1 Å². The molecule has 6 atom stereocenters. The molecule has 2 bridgehead atoms. The van der Waals surface area contributed by atoms with Crippen molar-refractivity contribution in [3.63, 3.8) is 0 Å². The van der Waals surface area contributed by atoms with E-state index >= 15 is 0 Å². The van der Waals surface area contributed by atoms with Gasteiger partial charge in [0.25, 0.3) is 0 Å². The topological polar surface area (TPSA) is 72.9 Å². The Kier molecular flexibility index (Phi) is 5.61. The first-order valence-electron chi connectivity index (χ1n) is 10.5. The van der Waals surface area contributed by atoms with Gasteiger partial charge in [0.05, 0.1) is 17.5 Å². The summed E-state index contributed by atoms with van der Waals surface area (Å²) >= 11 is 7.39. The van der Waals surface area contributed by atoms with Crippen LogP contribution in [0.1, 0.15) is 12.0 Å². The van der Waals surface area contributed by atoms with Gasteiger partial charge in [0.2, 0.25) is 11.8 Å². The van der Waals surface area contributed by atoms with Crippen LogP contribution < -0.4 is 14.4 Å². The highest BCUT2D eigenvalue weighted by atomic mass is 79.9. The van der Waals surface area contributed by atoms with Crippen LogP contribution in [0, 0.1) is 30.6 Å². The summed E-state index contributed by atoms with van der Waals surface area (Å²) in [6, 6.07) is 13.9.